The van der Waals surface area contributed by atoms with Crippen LogP contribution in [-0.4, -0.2) is 47.7 Å². The highest BCUT2D eigenvalue weighted by Crippen LogP contribution is 2.17. The molecule has 0 spiro atoms. The van der Waals surface area contributed by atoms with E-state index < -0.39 is 21.2 Å². The van der Waals surface area contributed by atoms with Gasteiger partial charge in [0.05, 0.1) is 17.5 Å². The Morgan fingerprint density at radius 1 is 1.45 bits per heavy atom. The molecule has 2 rings (SSSR count). The molecule has 1 aromatic heterocycles. The third kappa shape index (κ3) is 3.34. The molecule has 2 N–H and O–H groups in total. The van der Waals surface area contributed by atoms with Crippen molar-refractivity contribution in [3.05, 3.63) is 11.9 Å². The number of sulfonamides is 1. The van der Waals surface area contributed by atoms with Gasteiger partial charge in [0.1, 0.15) is 0 Å². The van der Waals surface area contributed by atoms with E-state index in [1.54, 1.807) is 4.68 Å². The first kappa shape index (κ1) is 14.9. The molecule has 112 valence electrons. The fourth-order valence-electron chi connectivity index (χ4n) is 1.93. The summed E-state index contributed by atoms with van der Waals surface area (Å²) in [5.74, 6) is -0.737. The molecule has 0 aromatic carbocycles. The Balaban J connectivity index is 2.06. The van der Waals surface area contributed by atoms with Gasteiger partial charge in [-0.1, -0.05) is 5.21 Å². The van der Waals surface area contributed by atoms with Crippen LogP contribution in [0.4, 0.5) is 0 Å². The largest absolute Gasteiger partial charge is 0.317 e. The van der Waals surface area contributed by atoms with Gasteiger partial charge >= 0.3 is 0 Å². The molecule has 0 atom stereocenters. The van der Waals surface area contributed by atoms with Gasteiger partial charge in [0.2, 0.25) is 10.0 Å². The van der Waals surface area contributed by atoms with Crippen molar-refractivity contribution >= 4 is 15.9 Å². The lowest BCUT2D eigenvalue weighted by molar-refractivity contribution is 0.0976. The van der Waals surface area contributed by atoms with Crippen LogP contribution in [0.2, 0.25) is 0 Å². The molecular formula is C11H19N5O3S. The number of rotatable bonds is 4. The van der Waals surface area contributed by atoms with Crippen LogP contribution in [0.3, 0.4) is 0 Å². The number of amides is 1. The molecule has 0 saturated carbocycles. The summed E-state index contributed by atoms with van der Waals surface area (Å²) in [6, 6.07) is 0.201. The van der Waals surface area contributed by atoms with E-state index in [1.165, 1.54) is 20.0 Å². The zero-order chi connectivity index (χ0) is 14.8. The van der Waals surface area contributed by atoms with Gasteiger partial charge in [-0.15, -0.1) is 5.10 Å². The minimum absolute atomic E-state index is 0.0211. The van der Waals surface area contributed by atoms with Gasteiger partial charge in [0.25, 0.3) is 5.91 Å². The van der Waals surface area contributed by atoms with E-state index in [2.05, 4.69) is 15.6 Å². The van der Waals surface area contributed by atoms with Gasteiger partial charge in [0.15, 0.2) is 5.69 Å². The Labute approximate surface area is 118 Å². The zero-order valence-corrected chi connectivity index (χ0v) is 12.4. The quantitative estimate of drug-likeness (QED) is 0.789. The molecule has 0 unspecified atom stereocenters. The summed E-state index contributed by atoms with van der Waals surface area (Å²) in [5, 5.41) is 10.2. The molecule has 20 heavy (non-hydrogen) atoms. The minimum Gasteiger partial charge on any atom is -0.317 e. The van der Waals surface area contributed by atoms with E-state index in [1.807, 2.05) is 4.72 Å². The van der Waals surface area contributed by atoms with Crippen molar-refractivity contribution in [3.63, 3.8) is 0 Å². The molecule has 1 aliphatic heterocycles. The first-order chi connectivity index (χ1) is 9.40. The van der Waals surface area contributed by atoms with Crippen molar-refractivity contribution in [2.75, 3.05) is 13.1 Å². The molecule has 2 heterocycles. The summed E-state index contributed by atoms with van der Waals surface area (Å²) in [6.45, 7) is 4.80. The summed E-state index contributed by atoms with van der Waals surface area (Å²) in [7, 11) is -3.65. The number of nitrogens with one attached hydrogen (secondary N) is 2. The molecule has 1 aliphatic rings. The molecule has 0 bridgehead atoms. The van der Waals surface area contributed by atoms with Crippen LogP contribution in [-0.2, 0) is 10.0 Å². The summed E-state index contributed by atoms with van der Waals surface area (Å²) in [4.78, 5) is 11.8. The van der Waals surface area contributed by atoms with E-state index in [4.69, 9.17) is 0 Å². The number of nitrogens with zero attached hydrogens (tertiary/aromatic N) is 3. The molecule has 0 aliphatic carbocycles. The molecular weight excluding hydrogens is 282 g/mol. The Morgan fingerprint density at radius 3 is 2.70 bits per heavy atom. The number of carbonyl (C=O) groups excluding carboxylic acids is 1. The smallest absolute Gasteiger partial charge is 0.286 e. The van der Waals surface area contributed by atoms with E-state index in [-0.39, 0.29) is 11.7 Å². The van der Waals surface area contributed by atoms with Crippen molar-refractivity contribution in [1.82, 2.24) is 25.0 Å². The lowest BCUT2D eigenvalue weighted by Gasteiger charge is -2.22. The topological polar surface area (TPSA) is 106 Å². The molecule has 1 aromatic rings. The third-order valence-electron chi connectivity index (χ3n) is 3.28. The fourth-order valence-corrected chi connectivity index (χ4v) is 2.53. The highest BCUT2D eigenvalue weighted by molar-refractivity contribution is 7.90. The van der Waals surface area contributed by atoms with Gasteiger partial charge in [-0.2, -0.15) is 0 Å². The SMILES string of the molecule is CC(C)S(=O)(=O)NC(=O)c1cn(C2CCNCC2)nn1. The Kier molecular flexibility index (Phi) is 4.39. The molecule has 1 fully saturated rings. The molecule has 1 saturated heterocycles. The van der Waals surface area contributed by atoms with Gasteiger partial charge in [-0.25, -0.2) is 17.8 Å². The van der Waals surface area contributed by atoms with E-state index >= 15 is 0 Å². The highest BCUT2D eigenvalue weighted by Gasteiger charge is 2.23. The average Bonchev–Trinajstić information content (AvgIpc) is 2.88. The van der Waals surface area contributed by atoms with Crippen LogP contribution in [0.5, 0.6) is 0 Å². The Morgan fingerprint density at radius 2 is 2.10 bits per heavy atom. The van der Waals surface area contributed by atoms with Crippen LogP contribution in [0.15, 0.2) is 6.20 Å². The first-order valence-corrected chi connectivity index (χ1v) is 8.13. The number of carbonyl (C=O) groups is 1. The summed E-state index contributed by atoms with van der Waals surface area (Å²) in [6.07, 6.45) is 3.32. The number of hydrogen-bond donors (Lipinski definition) is 2. The zero-order valence-electron chi connectivity index (χ0n) is 11.5. The van der Waals surface area contributed by atoms with Crippen molar-refractivity contribution < 1.29 is 13.2 Å². The third-order valence-corrected chi connectivity index (χ3v) is 4.99. The summed E-state index contributed by atoms with van der Waals surface area (Å²) < 4.78 is 26.9. The maximum absolute atomic E-state index is 11.8. The van der Waals surface area contributed by atoms with Crippen molar-refractivity contribution in [2.45, 2.75) is 38.0 Å². The second-order valence-corrected chi connectivity index (χ2v) is 7.33. The summed E-state index contributed by atoms with van der Waals surface area (Å²) >= 11 is 0. The van der Waals surface area contributed by atoms with Gasteiger partial charge in [-0.3, -0.25) is 4.79 Å². The van der Waals surface area contributed by atoms with Gasteiger partial charge < -0.3 is 5.32 Å². The minimum atomic E-state index is -3.65. The molecule has 9 heteroatoms. The van der Waals surface area contributed by atoms with Crippen LogP contribution in [0.25, 0.3) is 0 Å². The predicted octanol–water partition coefficient (Wildman–Crippen LogP) is -0.329. The van der Waals surface area contributed by atoms with Crippen molar-refractivity contribution in [1.29, 1.82) is 0 Å². The van der Waals surface area contributed by atoms with E-state index in [0.717, 1.165) is 25.9 Å². The average molecular weight is 301 g/mol. The lowest BCUT2D eigenvalue weighted by atomic mass is 10.1. The normalized spacial score (nSPS) is 17.4. The van der Waals surface area contributed by atoms with Crippen LogP contribution < -0.4 is 10.0 Å². The van der Waals surface area contributed by atoms with Crippen LogP contribution in [0, 0.1) is 0 Å². The van der Waals surface area contributed by atoms with Crippen LogP contribution >= 0.6 is 0 Å². The van der Waals surface area contributed by atoms with E-state index in [9.17, 15) is 13.2 Å². The Bertz CT molecular complexity index is 575. The predicted molar refractivity (Wildman–Crippen MR) is 72.7 cm³/mol. The maximum Gasteiger partial charge on any atom is 0.286 e. The first-order valence-electron chi connectivity index (χ1n) is 6.58. The standard InChI is InChI=1S/C11H19N5O3S/c1-8(2)20(18,19)14-11(17)10-7-16(15-13-10)9-3-5-12-6-4-9/h7-9,12H,3-6H2,1-2H3,(H,14,17). The van der Waals surface area contributed by atoms with Crippen molar-refractivity contribution in [2.24, 2.45) is 0 Å². The summed E-state index contributed by atoms with van der Waals surface area (Å²) in [5.41, 5.74) is 0.0211. The monoisotopic (exact) mass is 301 g/mol. The molecule has 0 radical (unpaired) electrons. The molecule has 1 amide bonds. The molecule has 8 nitrogen and oxygen atoms in total. The number of hydrogen-bond acceptors (Lipinski definition) is 6. The highest BCUT2D eigenvalue weighted by atomic mass is 32.2. The fraction of sp³-hybridized carbons (Fsp3) is 0.727. The number of aromatic nitrogens is 3. The van der Waals surface area contributed by atoms with Crippen LogP contribution in [0.1, 0.15) is 43.2 Å². The second kappa shape index (κ2) is 5.88. The van der Waals surface area contributed by atoms with E-state index in [0.29, 0.717) is 0 Å². The number of piperidine rings is 1. The van der Waals surface area contributed by atoms with Gasteiger partial charge in [-0.05, 0) is 39.8 Å². The van der Waals surface area contributed by atoms with Crippen molar-refractivity contribution in [3.8, 4) is 0 Å². The van der Waals surface area contributed by atoms with Gasteiger partial charge in [0, 0.05) is 0 Å². The lowest BCUT2D eigenvalue weighted by Crippen LogP contribution is -2.36. The second-order valence-electron chi connectivity index (χ2n) is 5.09. The Hall–Kier alpha value is -1.48. The maximum atomic E-state index is 11.8.